The van der Waals surface area contributed by atoms with Gasteiger partial charge in [0.25, 0.3) is 0 Å². The van der Waals surface area contributed by atoms with Gasteiger partial charge in [-0.05, 0) is 37.4 Å². The summed E-state index contributed by atoms with van der Waals surface area (Å²) >= 11 is 0. The number of rotatable bonds is 3. The van der Waals surface area contributed by atoms with Crippen LogP contribution >= 0.6 is 0 Å². The van der Waals surface area contributed by atoms with Crippen LogP contribution in [0.25, 0.3) is 21.7 Å². The smallest absolute Gasteiger partial charge is 0.222 e. The number of methoxy groups -OCH3 is 1. The third-order valence-corrected chi connectivity index (χ3v) is 3.22. The molecule has 1 aromatic heterocycles. The summed E-state index contributed by atoms with van der Waals surface area (Å²) < 4.78 is 11.1. The van der Waals surface area contributed by atoms with E-state index < -0.39 is 0 Å². The number of ether oxygens (including phenoxy) is 2. The fraction of sp³-hybridized carbons (Fsp3) is 0.235. The van der Waals surface area contributed by atoms with Gasteiger partial charge in [0.2, 0.25) is 5.88 Å². The molecule has 3 heteroatoms. The molecular weight excluding hydrogens is 250 g/mol. The monoisotopic (exact) mass is 267 g/mol. The first-order chi connectivity index (χ1) is 9.69. The molecule has 0 saturated carbocycles. The molecule has 0 aliphatic carbocycles. The molecule has 1 heterocycles. The van der Waals surface area contributed by atoms with Gasteiger partial charge in [0, 0.05) is 16.8 Å². The Morgan fingerprint density at radius 2 is 1.70 bits per heavy atom. The van der Waals surface area contributed by atoms with Crippen LogP contribution in [0, 0.1) is 0 Å². The SMILES string of the molecule is COc1ccc2c(c1)nc(OC(C)C)c1ccccc12. The predicted molar refractivity (Wildman–Crippen MR) is 81.6 cm³/mol. The fourth-order valence-electron chi connectivity index (χ4n) is 2.35. The number of nitrogens with zero attached hydrogens (tertiary/aromatic N) is 1. The van der Waals surface area contributed by atoms with E-state index in [4.69, 9.17) is 9.47 Å². The molecule has 0 fully saturated rings. The summed E-state index contributed by atoms with van der Waals surface area (Å²) in [5, 5.41) is 3.30. The number of pyridine rings is 1. The highest BCUT2D eigenvalue weighted by Crippen LogP contribution is 2.32. The molecular formula is C17H17NO2. The zero-order valence-electron chi connectivity index (χ0n) is 11.9. The minimum Gasteiger partial charge on any atom is -0.497 e. The first-order valence-corrected chi connectivity index (χ1v) is 6.72. The van der Waals surface area contributed by atoms with Crippen molar-refractivity contribution in [3.05, 3.63) is 42.5 Å². The fourth-order valence-corrected chi connectivity index (χ4v) is 2.35. The highest BCUT2D eigenvalue weighted by Gasteiger charge is 2.10. The molecule has 20 heavy (non-hydrogen) atoms. The van der Waals surface area contributed by atoms with Gasteiger partial charge in [0.05, 0.1) is 18.7 Å². The van der Waals surface area contributed by atoms with Gasteiger partial charge in [0.15, 0.2) is 0 Å². The highest BCUT2D eigenvalue weighted by atomic mass is 16.5. The number of benzene rings is 2. The maximum Gasteiger partial charge on any atom is 0.222 e. The molecule has 0 atom stereocenters. The molecule has 2 aromatic carbocycles. The lowest BCUT2D eigenvalue weighted by atomic mass is 10.1. The second-order valence-electron chi connectivity index (χ2n) is 5.01. The van der Waals surface area contributed by atoms with Crippen molar-refractivity contribution in [2.24, 2.45) is 0 Å². The van der Waals surface area contributed by atoms with Gasteiger partial charge in [-0.2, -0.15) is 0 Å². The average molecular weight is 267 g/mol. The molecule has 0 bridgehead atoms. The maximum atomic E-state index is 5.86. The molecule has 0 radical (unpaired) electrons. The van der Waals surface area contributed by atoms with E-state index in [0.29, 0.717) is 5.88 Å². The Kier molecular flexibility index (Phi) is 3.18. The second kappa shape index (κ2) is 5.00. The first-order valence-electron chi connectivity index (χ1n) is 6.72. The molecule has 102 valence electrons. The van der Waals surface area contributed by atoms with Crippen molar-refractivity contribution in [1.82, 2.24) is 4.98 Å². The Morgan fingerprint density at radius 1 is 0.950 bits per heavy atom. The van der Waals surface area contributed by atoms with Crippen molar-refractivity contribution in [1.29, 1.82) is 0 Å². The molecule has 0 aliphatic heterocycles. The normalized spacial score (nSPS) is 11.2. The average Bonchev–Trinajstić information content (AvgIpc) is 2.46. The van der Waals surface area contributed by atoms with Crippen LogP contribution in [-0.4, -0.2) is 18.2 Å². The molecule has 3 aromatic rings. The Bertz CT molecular complexity index is 765. The van der Waals surface area contributed by atoms with Gasteiger partial charge in [-0.25, -0.2) is 4.98 Å². The number of fused-ring (bicyclic) bond motifs is 3. The van der Waals surface area contributed by atoms with Crippen molar-refractivity contribution in [3.8, 4) is 11.6 Å². The molecule has 0 N–H and O–H groups in total. The van der Waals surface area contributed by atoms with Crippen LogP contribution in [0.4, 0.5) is 0 Å². The van der Waals surface area contributed by atoms with Gasteiger partial charge in [-0.15, -0.1) is 0 Å². The van der Waals surface area contributed by atoms with Crippen molar-refractivity contribution < 1.29 is 9.47 Å². The van der Waals surface area contributed by atoms with Crippen molar-refractivity contribution >= 4 is 21.7 Å². The Morgan fingerprint density at radius 3 is 2.40 bits per heavy atom. The third-order valence-electron chi connectivity index (χ3n) is 3.22. The molecule has 0 saturated heterocycles. The Balaban J connectivity index is 2.35. The Hall–Kier alpha value is -2.29. The van der Waals surface area contributed by atoms with Crippen LogP contribution in [0.5, 0.6) is 11.6 Å². The molecule has 0 amide bonds. The second-order valence-corrected chi connectivity index (χ2v) is 5.01. The van der Waals surface area contributed by atoms with E-state index in [1.165, 1.54) is 0 Å². The van der Waals surface area contributed by atoms with Gasteiger partial charge < -0.3 is 9.47 Å². The summed E-state index contributed by atoms with van der Waals surface area (Å²) in [5.74, 6) is 1.48. The van der Waals surface area contributed by atoms with Gasteiger partial charge in [-0.1, -0.05) is 18.2 Å². The lowest BCUT2D eigenvalue weighted by molar-refractivity contribution is 0.237. The van der Waals surface area contributed by atoms with E-state index in [9.17, 15) is 0 Å². The highest BCUT2D eigenvalue weighted by molar-refractivity contribution is 6.08. The summed E-state index contributed by atoms with van der Waals surface area (Å²) in [4.78, 5) is 4.65. The van der Waals surface area contributed by atoms with Crippen molar-refractivity contribution in [2.45, 2.75) is 20.0 Å². The van der Waals surface area contributed by atoms with Crippen LogP contribution in [0.1, 0.15) is 13.8 Å². The number of hydrogen-bond acceptors (Lipinski definition) is 3. The summed E-state index contributed by atoms with van der Waals surface area (Å²) in [6.45, 7) is 4.01. The van der Waals surface area contributed by atoms with Crippen LogP contribution in [-0.2, 0) is 0 Å². The molecule has 3 nitrogen and oxygen atoms in total. The maximum absolute atomic E-state index is 5.86. The zero-order valence-corrected chi connectivity index (χ0v) is 11.9. The minimum absolute atomic E-state index is 0.0916. The van der Waals surface area contributed by atoms with E-state index in [2.05, 4.69) is 11.1 Å². The molecule has 0 aliphatic rings. The molecule has 0 unspecified atom stereocenters. The van der Waals surface area contributed by atoms with E-state index in [1.54, 1.807) is 7.11 Å². The van der Waals surface area contributed by atoms with E-state index >= 15 is 0 Å². The topological polar surface area (TPSA) is 31.4 Å². The van der Waals surface area contributed by atoms with Gasteiger partial charge in [-0.3, -0.25) is 0 Å². The molecule has 0 spiro atoms. The largest absolute Gasteiger partial charge is 0.497 e. The third kappa shape index (κ3) is 2.16. The molecule has 3 rings (SSSR count). The summed E-state index contributed by atoms with van der Waals surface area (Å²) in [6, 6.07) is 14.1. The quantitative estimate of drug-likeness (QED) is 0.667. The summed E-state index contributed by atoms with van der Waals surface area (Å²) in [6.07, 6.45) is 0.0916. The number of aromatic nitrogens is 1. The van der Waals surface area contributed by atoms with Crippen LogP contribution in [0.2, 0.25) is 0 Å². The predicted octanol–water partition coefficient (Wildman–Crippen LogP) is 4.18. The van der Waals surface area contributed by atoms with Crippen molar-refractivity contribution in [3.63, 3.8) is 0 Å². The summed E-state index contributed by atoms with van der Waals surface area (Å²) in [7, 11) is 1.66. The van der Waals surface area contributed by atoms with Crippen LogP contribution in [0.15, 0.2) is 42.5 Å². The lowest BCUT2D eigenvalue weighted by Gasteiger charge is -2.13. The van der Waals surface area contributed by atoms with Gasteiger partial charge >= 0.3 is 0 Å². The van der Waals surface area contributed by atoms with Crippen molar-refractivity contribution in [2.75, 3.05) is 7.11 Å². The van der Waals surface area contributed by atoms with Gasteiger partial charge in [0.1, 0.15) is 5.75 Å². The summed E-state index contributed by atoms with van der Waals surface area (Å²) in [5.41, 5.74) is 0.888. The lowest BCUT2D eigenvalue weighted by Crippen LogP contribution is -2.07. The van der Waals surface area contributed by atoms with E-state index in [0.717, 1.165) is 27.4 Å². The van der Waals surface area contributed by atoms with Crippen LogP contribution in [0.3, 0.4) is 0 Å². The van der Waals surface area contributed by atoms with E-state index in [-0.39, 0.29) is 6.10 Å². The van der Waals surface area contributed by atoms with E-state index in [1.807, 2.05) is 50.2 Å². The minimum atomic E-state index is 0.0916. The number of hydrogen-bond donors (Lipinski definition) is 0. The standard InChI is InChI=1S/C17H17NO2/c1-11(2)20-17-15-7-5-4-6-13(15)14-9-8-12(19-3)10-16(14)18-17/h4-11H,1-3H3. The first kappa shape index (κ1) is 12.7. The van der Waals surface area contributed by atoms with Crippen LogP contribution < -0.4 is 9.47 Å². The Labute approximate surface area is 118 Å². The zero-order chi connectivity index (χ0) is 14.1.